The van der Waals surface area contributed by atoms with Crippen LogP contribution in [-0.2, 0) is 4.79 Å². The Morgan fingerprint density at radius 3 is 2.05 bits per heavy atom. The SMILES string of the molecule is CC(=O)/C=C(\C)N(CCN(CCNC(=S)S)C(=S)S)C(=S)S. The maximum atomic E-state index is 11.2. The number of hydrogen-bond donors (Lipinski definition) is 4. The summed E-state index contributed by atoms with van der Waals surface area (Å²) in [4.78, 5) is 14.9. The predicted molar refractivity (Wildman–Crippen MR) is 115 cm³/mol. The van der Waals surface area contributed by atoms with E-state index in [0.29, 0.717) is 39.1 Å². The molecule has 124 valence electrons. The van der Waals surface area contributed by atoms with Gasteiger partial charge in [-0.05, 0) is 13.8 Å². The molecule has 0 aromatic rings. The zero-order chi connectivity index (χ0) is 17.3. The fourth-order valence-electron chi connectivity index (χ4n) is 1.62. The van der Waals surface area contributed by atoms with Crippen molar-refractivity contribution in [2.45, 2.75) is 13.8 Å². The Morgan fingerprint density at radius 2 is 1.64 bits per heavy atom. The molecule has 0 saturated carbocycles. The molecule has 1 N–H and O–H groups in total. The number of rotatable bonds is 8. The molecule has 0 aliphatic rings. The third-order valence-corrected chi connectivity index (χ3v) is 3.90. The number of nitrogens with zero attached hydrogens (tertiary/aromatic N) is 2. The van der Waals surface area contributed by atoms with E-state index in [1.54, 1.807) is 4.90 Å². The number of thiocarbonyl (C=S) groups is 3. The largest absolute Gasteiger partial charge is 0.369 e. The second-order valence-electron chi connectivity index (χ2n) is 4.33. The van der Waals surface area contributed by atoms with E-state index < -0.39 is 0 Å². The first kappa shape index (κ1) is 22.1. The Morgan fingerprint density at radius 1 is 1.05 bits per heavy atom. The predicted octanol–water partition coefficient (Wildman–Crippen LogP) is 2.32. The van der Waals surface area contributed by atoms with E-state index in [-0.39, 0.29) is 5.78 Å². The smallest absolute Gasteiger partial charge is 0.154 e. The highest BCUT2D eigenvalue weighted by molar-refractivity contribution is 8.11. The van der Waals surface area contributed by atoms with Gasteiger partial charge in [-0.2, -0.15) is 0 Å². The van der Waals surface area contributed by atoms with Crippen molar-refractivity contribution in [3.05, 3.63) is 11.8 Å². The van der Waals surface area contributed by atoms with Crippen LogP contribution in [0.15, 0.2) is 11.8 Å². The lowest BCUT2D eigenvalue weighted by Gasteiger charge is -2.29. The Balaban J connectivity index is 4.70. The van der Waals surface area contributed by atoms with Gasteiger partial charge >= 0.3 is 0 Å². The summed E-state index contributed by atoms with van der Waals surface area (Å²) in [6.07, 6.45) is 1.52. The minimum Gasteiger partial charge on any atom is -0.369 e. The number of hydrogen-bond acceptors (Lipinski definition) is 4. The monoisotopic (exact) mass is 413 g/mol. The van der Waals surface area contributed by atoms with E-state index in [4.69, 9.17) is 36.7 Å². The maximum Gasteiger partial charge on any atom is 0.154 e. The Labute approximate surface area is 164 Å². The topological polar surface area (TPSA) is 35.6 Å². The number of ketones is 1. The third-order valence-electron chi connectivity index (χ3n) is 2.59. The van der Waals surface area contributed by atoms with Crippen molar-refractivity contribution >= 4 is 93.3 Å². The average molecular weight is 414 g/mol. The Bertz CT molecular complexity index is 479. The fourth-order valence-corrected chi connectivity index (χ4v) is 2.71. The molecule has 0 aromatic heterocycles. The van der Waals surface area contributed by atoms with E-state index in [1.807, 2.05) is 11.8 Å². The summed E-state index contributed by atoms with van der Waals surface area (Å²) >= 11 is 27.5. The van der Waals surface area contributed by atoms with Crippen molar-refractivity contribution in [3.8, 4) is 0 Å². The van der Waals surface area contributed by atoms with Crippen molar-refractivity contribution < 1.29 is 4.79 Å². The normalized spacial score (nSPS) is 10.9. The first-order valence-corrected chi connectivity index (χ1v) is 8.85. The zero-order valence-corrected chi connectivity index (χ0v) is 17.4. The molecule has 0 saturated heterocycles. The second-order valence-corrected chi connectivity index (χ2v) is 7.72. The van der Waals surface area contributed by atoms with Gasteiger partial charge in [0.05, 0.1) is 0 Å². The van der Waals surface area contributed by atoms with Gasteiger partial charge in [0.25, 0.3) is 0 Å². The molecule has 0 aliphatic heterocycles. The molecular weight excluding hydrogens is 395 g/mol. The lowest BCUT2D eigenvalue weighted by atomic mass is 10.3. The first-order valence-electron chi connectivity index (χ1n) is 6.29. The summed E-state index contributed by atoms with van der Waals surface area (Å²) in [5.74, 6) is -0.0415. The van der Waals surface area contributed by atoms with Gasteiger partial charge in [0, 0.05) is 38.0 Å². The fraction of sp³-hybridized carbons (Fsp3) is 0.500. The Kier molecular flexibility index (Phi) is 11.7. The molecule has 0 unspecified atom stereocenters. The van der Waals surface area contributed by atoms with Gasteiger partial charge in [0.15, 0.2) is 5.78 Å². The number of carbonyl (C=O) groups is 1. The van der Waals surface area contributed by atoms with Gasteiger partial charge in [-0.25, -0.2) is 0 Å². The summed E-state index contributed by atoms with van der Waals surface area (Å²) < 4.78 is 1.31. The molecule has 0 bridgehead atoms. The molecule has 0 radical (unpaired) electrons. The van der Waals surface area contributed by atoms with Crippen LogP contribution in [0.25, 0.3) is 0 Å². The molecule has 0 heterocycles. The summed E-state index contributed by atoms with van der Waals surface area (Å²) in [6, 6.07) is 0. The minimum absolute atomic E-state index is 0.0415. The number of thiol groups is 3. The number of carbonyl (C=O) groups excluding carboxylic acids is 1. The van der Waals surface area contributed by atoms with Crippen LogP contribution in [0.5, 0.6) is 0 Å². The van der Waals surface area contributed by atoms with Crippen LogP contribution in [0, 0.1) is 0 Å². The molecule has 0 aliphatic carbocycles. The first-order chi connectivity index (χ1) is 10.1. The van der Waals surface area contributed by atoms with E-state index in [0.717, 1.165) is 5.70 Å². The standard InChI is InChI=1S/C12H19N3OS6/c1-8(7-9(2)16)15(12(21)22)6-5-14(11(19)20)4-3-13-10(17)18/h7H,3-6H2,1-2H3,(H,19,20)(H,21,22)(H2,13,17,18)/b8-7+. The molecular formula is C12H19N3OS6. The Hall–Kier alpha value is 0.130. The number of nitrogens with one attached hydrogen (secondary N) is 1. The minimum atomic E-state index is -0.0415. The zero-order valence-electron chi connectivity index (χ0n) is 12.3. The van der Waals surface area contributed by atoms with E-state index in [1.165, 1.54) is 13.0 Å². The van der Waals surface area contributed by atoms with Gasteiger partial charge in [-0.15, -0.1) is 37.9 Å². The molecule has 22 heavy (non-hydrogen) atoms. The van der Waals surface area contributed by atoms with E-state index in [9.17, 15) is 4.79 Å². The van der Waals surface area contributed by atoms with Gasteiger partial charge in [0.1, 0.15) is 13.0 Å². The van der Waals surface area contributed by atoms with E-state index in [2.05, 4.69) is 43.2 Å². The van der Waals surface area contributed by atoms with Crippen molar-refractivity contribution in [3.63, 3.8) is 0 Å². The van der Waals surface area contributed by atoms with Crippen LogP contribution in [0.3, 0.4) is 0 Å². The van der Waals surface area contributed by atoms with Crippen LogP contribution in [0.1, 0.15) is 13.8 Å². The van der Waals surface area contributed by atoms with Gasteiger partial charge in [0.2, 0.25) is 0 Å². The van der Waals surface area contributed by atoms with Crippen molar-refractivity contribution in [2.75, 3.05) is 26.2 Å². The molecule has 0 amide bonds. The molecule has 10 heteroatoms. The molecule has 0 rings (SSSR count). The van der Waals surface area contributed by atoms with Crippen molar-refractivity contribution in [1.29, 1.82) is 0 Å². The van der Waals surface area contributed by atoms with Crippen LogP contribution in [0.4, 0.5) is 0 Å². The van der Waals surface area contributed by atoms with Gasteiger partial charge < -0.3 is 15.1 Å². The molecule has 4 nitrogen and oxygen atoms in total. The quantitative estimate of drug-likeness (QED) is 0.276. The summed E-state index contributed by atoms with van der Waals surface area (Å²) in [5, 5.41) is 2.94. The third kappa shape index (κ3) is 10.0. The molecule has 0 atom stereocenters. The molecule has 0 spiro atoms. The van der Waals surface area contributed by atoms with Crippen molar-refractivity contribution in [1.82, 2.24) is 15.1 Å². The van der Waals surface area contributed by atoms with Crippen LogP contribution < -0.4 is 5.32 Å². The van der Waals surface area contributed by atoms with Crippen molar-refractivity contribution in [2.24, 2.45) is 0 Å². The molecule has 0 aromatic carbocycles. The summed E-state index contributed by atoms with van der Waals surface area (Å²) in [7, 11) is 0. The van der Waals surface area contributed by atoms with Crippen LogP contribution >= 0.6 is 74.5 Å². The van der Waals surface area contributed by atoms with Crippen LogP contribution in [0.2, 0.25) is 0 Å². The summed E-state index contributed by atoms with van der Waals surface area (Å²) in [6.45, 7) is 5.68. The maximum absolute atomic E-state index is 11.2. The molecule has 0 fully saturated rings. The van der Waals surface area contributed by atoms with Crippen LogP contribution in [-0.4, -0.2) is 54.7 Å². The highest BCUT2D eigenvalue weighted by Crippen LogP contribution is 2.09. The lowest BCUT2D eigenvalue weighted by molar-refractivity contribution is -0.112. The van der Waals surface area contributed by atoms with E-state index >= 15 is 0 Å². The second kappa shape index (κ2) is 11.6. The average Bonchev–Trinajstić information content (AvgIpc) is 2.34. The number of allylic oxidation sites excluding steroid dienone is 2. The highest BCUT2D eigenvalue weighted by atomic mass is 32.1. The van der Waals surface area contributed by atoms with Gasteiger partial charge in [-0.1, -0.05) is 36.7 Å². The van der Waals surface area contributed by atoms with Gasteiger partial charge in [-0.3, -0.25) is 4.79 Å². The lowest BCUT2D eigenvalue weighted by Crippen LogP contribution is -2.40. The highest BCUT2D eigenvalue weighted by Gasteiger charge is 2.13. The summed E-state index contributed by atoms with van der Waals surface area (Å²) in [5.41, 5.74) is 0.743.